The molecule has 0 spiro atoms. The lowest BCUT2D eigenvalue weighted by molar-refractivity contribution is 0.241. The average Bonchev–Trinajstić information content (AvgIpc) is 3.35. The number of halogens is 1. The van der Waals surface area contributed by atoms with E-state index in [1.807, 2.05) is 26.0 Å². The summed E-state index contributed by atoms with van der Waals surface area (Å²) in [7, 11) is -2.52. The number of furan rings is 1. The van der Waals surface area contributed by atoms with E-state index in [2.05, 4.69) is 61.4 Å². The molecule has 0 bridgehead atoms. The molecule has 0 saturated heterocycles. The highest BCUT2D eigenvalue weighted by Gasteiger charge is 2.11. The number of ether oxygens (including phenoxy) is 1. The van der Waals surface area contributed by atoms with E-state index in [0.29, 0.717) is 19.5 Å². The Bertz CT molecular complexity index is 1080. The molecule has 9 heteroatoms. The van der Waals surface area contributed by atoms with E-state index in [4.69, 9.17) is 14.0 Å². The van der Waals surface area contributed by atoms with Crippen LogP contribution in [0.4, 0.5) is 5.69 Å². The van der Waals surface area contributed by atoms with Crippen molar-refractivity contribution >= 4 is 29.9 Å². The third-order valence-electron chi connectivity index (χ3n) is 5.26. The predicted molar refractivity (Wildman–Crippen MR) is 143 cm³/mol. The summed E-state index contributed by atoms with van der Waals surface area (Å²) in [6, 6.07) is 14.6. The fourth-order valence-electron chi connectivity index (χ4n) is 3.65. The van der Waals surface area contributed by atoms with Crippen molar-refractivity contribution in [3.63, 3.8) is 0 Å². The Balaban J connectivity index is 1.53. The molecule has 3 rings (SSSR count). The van der Waals surface area contributed by atoms with Gasteiger partial charge in [0.15, 0.2) is 0 Å². The molecule has 188 valence electrons. The van der Waals surface area contributed by atoms with Crippen LogP contribution in [0.3, 0.4) is 0 Å². The fourth-order valence-corrected chi connectivity index (χ4v) is 4.45. The summed E-state index contributed by atoms with van der Waals surface area (Å²) in [6.07, 6.45) is 6.20. The molecule has 0 radical (unpaired) electrons. The Kier molecular flexibility index (Phi) is 11.2. The summed E-state index contributed by atoms with van der Waals surface area (Å²) in [5.41, 5.74) is 5.60. The Morgan fingerprint density at radius 2 is 1.91 bits per heavy atom. The lowest BCUT2D eigenvalue weighted by Crippen LogP contribution is -2.16. The van der Waals surface area contributed by atoms with Crippen molar-refractivity contribution in [1.29, 1.82) is 0 Å². The molecular weight excluding hydrogens is 531 g/mol. The van der Waals surface area contributed by atoms with Crippen LogP contribution in [-0.2, 0) is 22.1 Å². The van der Waals surface area contributed by atoms with Gasteiger partial charge in [0.05, 0.1) is 23.1 Å². The number of hydrogen-bond acceptors (Lipinski definition) is 6. The van der Waals surface area contributed by atoms with E-state index in [1.54, 1.807) is 12.5 Å². The molecular formula is C26H33BrN2O5P+. The van der Waals surface area contributed by atoms with Gasteiger partial charge in [-0.1, -0.05) is 12.1 Å². The molecule has 2 aromatic carbocycles. The van der Waals surface area contributed by atoms with E-state index in [-0.39, 0.29) is 12.7 Å². The third-order valence-corrected chi connectivity index (χ3v) is 6.28. The highest BCUT2D eigenvalue weighted by molar-refractivity contribution is 9.10. The molecule has 3 N–H and O–H groups in total. The van der Waals surface area contributed by atoms with Crippen LogP contribution in [0.2, 0.25) is 0 Å². The number of aryl methyl sites for hydroxylation is 1. The van der Waals surface area contributed by atoms with Gasteiger partial charge in [0.25, 0.3) is 0 Å². The van der Waals surface area contributed by atoms with Crippen molar-refractivity contribution in [3.05, 3.63) is 70.6 Å². The maximum absolute atomic E-state index is 10.5. The molecule has 0 fully saturated rings. The van der Waals surface area contributed by atoms with Gasteiger partial charge in [0.1, 0.15) is 12.4 Å². The summed E-state index contributed by atoms with van der Waals surface area (Å²) >= 11 is 3.61. The Morgan fingerprint density at radius 1 is 1.09 bits per heavy atom. The second-order valence-electron chi connectivity index (χ2n) is 8.46. The first kappa shape index (κ1) is 27.4. The van der Waals surface area contributed by atoms with Crippen LogP contribution in [0.15, 0.2) is 63.9 Å². The summed E-state index contributed by atoms with van der Waals surface area (Å²) < 4.78 is 27.3. The minimum absolute atomic E-state index is 0.146. The monoisotopic (exact) mass is 563 g/mol. The minimum Gasteiger partial charge on any atom is -0.490 e. The van der Waals surface area contributed by atoms with Gasteiger partial charge in [-0.25, -0.2) is 0 Å². The SMILES string of the molecule is CC(C)Oc1ccc(CCCNc2ccc(CNCCCO[P+](=O)O)cc2-c2ccoc2)cc1Br. The standard InChI is InChI=1S/C26H32BrN2O5P/c1-19(2)34-26-9-7-20(16-24(26)27)5-3-12-29-25-8-6-21(15-23(25)22-10-14-32-18-22)17-28-11-4-13-33-35(30)31/h6-10,14-16,18-19,28-29H,3-5,11-13,17H2,1-2H3/p+1. The van der Waals surface area contributed by atoms with Gasteiger partial charge in [0.2, 0.25) is 0 Å². The Hall–Kier alpha value is -2.22. The molecule has 0 aliphatic rings. The van der Waals surface area contributed by atoms with Crippen molar-refractivity contribution in [3.8, 4) is 16.9 Å². The molecule has 1 atom stereocenters. The number of benzene rings is 2. The molecule has 7 nitrogen and oxygen atoms in total. The van der Waals surface area contributed by atoms with Gasteiger partial charge in [0, 0.05) is 34.5 Å². The van der Waals surface area contributed by atoms with Crippen LogP contribution in [0.5, 0.6) is 5.75 Å². The van der Waals surface area contributed by atoms with Crippen LogP contribution in [0, 0.1) is 0 Å². The molecule has 1 unspecified atom stereocenters. The Labute approximate surface area is 216 Å². The van der Waals surface area contributed by atoms with Crippen molar-refractivity contribution in [2.24, 2.45) is 0 Å². The van der Waals surface area contributed by atoms with Crippen LogP contribution >= 0.6 is 24.2 Å². The van der Waals surface area contributed by atoms with Crippen molar-refractivity contribution < 1.29 is 23.1 Å². The summed E-state index contributed by atoms with van der Waals surface area (Å²) in [6.45, 7) is 6.54. The molecule has 0 aliphatic heterocycles. The maximum Gasteiger partial charge on any atom is 0.694 e. The molecule has 35 heavy (non-hydrogen) atoms. The van der Waals surface area contributed by atoms with E-state index in [0.717, 1.165) is 52.0 Å². The molecule has 3 aromatic rings. The van der Waals surface area contributed by atoms with E-state index in [9.17, 15) is 4.57 Å². The first-order valence-electron chi connectivity index (χ1n) is 11.8. The van der Waals surface area contributed by atoms with Gasteiger partial charge in [-0.15, -0.1) is 9.42 Å². The van der Waals surface area contributed by atoms with Crippen LogP contribution in [-0.4, -0.2) is 30.7 Å². The van der Waals surface area contributed by atoms with Crippen LogP contribution in [0.1, 0.15) is 37.8 Å². The lowest BCUT2D eigenvalue weighted by Gasteiger charge is -2.14. The second kappa shape index (κ2) is 14.4. The van der Waals surface area contributed by atoms with E-state index < -0.39 is 8.25 Å². The summed E-state index contributed by atoms with van der Waals surface area (Å²) in [5, 5.41) is 6.92. The number of hydrogen-bond donors (Lipinski definition) is 3. The lowest BCUT2D eigenvalue weighted by atomic mass is 10.0. The zero-order valence-electron chi connectivity index (χ0n) is 20.1. The highest BCUT2D eigenvalue weighted by atomic mass is 79.9. The van der Waals surface area contributed by atoms with Crippen molar-refractivity contribution in [2.75, 3.05) is 25.0 Å². The normalized spacial score (nSPS) is 11.6. The Morgan fingerprint density at radius 3 is 2.63 bits per heavy atom. The fraction of sp³-hybridized carbons (Fsp3) is 0.385. The second-order valence-corrected chi connectivity index (χ2v) is 10.0. The third kappa shape index (κ3) is 9.39. The quantitative estimate of drug-likeness (QED) is 0.140. The minimum atomic E-state index is -2.52. The van der Waals surface area contributed by atoms with Gasteiger partial charge in [-0.05, 0) is 97.0 Å². The number of rotatable bonds is 15. The first-order valence-corrected chi connectivity index (χ1v) is 13.7. The van der Waals surface area contributed by atoms with E-state index in [1.165, 1.54) is 5.56 Å². The van der Waals surface area contributed by atoms with E-state index >= 15 is 0 Å². The largest absolute Gasteiger partial charge is 0.694 e. The van der Waals surface area contributed by atoms with Crippen molar-refractivity contribution in [1.82, 2.24) is 5.32 Å². The molecule has 1 aromatic heterocycles. The van der Waals surface area contributed by atoms with Gasteiger partial charge in [-0.3, -0.25) is 0 Å². The maximum atomic E-state index is 10.5. The number of nitrogens with one attached hydrogen (secondary N) is 2. The van der Waals surface area contributed by atoms with Gasteiger partial charge in [-0.2, -0.15) is 0 Å². The number of anilines is 1. The zero-order chi connectivity index (χ0) is 25.0. The van der Waals surface area contributed by atoms with Crippen LogP contribution in [0.25, 0.3) is 11.1 Å². The van der Waals surface area contributed by atoms with Gasteiger partial charge < -0.3 is 19.8 Å². The highest BCUT2D eigenvalue weighted by Crippen LogP contribution is 2.30. The zero-order valence-corrected chi connectivity index (χ0v) is 22.6. The molecule has 0 amide bonds. The predicted octanol–water partition coefficient (Wildman–Crippen LogP) is 6.69. The first-order chi connectivity index (χ1) is 16.9. The smallest absolute Gasteiger partial charge is 0.490 e. The van der Waals surface area contributed by atoms with Gasteiger partial charge >= 0.3 is 8.25 Å². The summed E-state index contributed by atoms with van der Waals surface area (Å²) in [5.74, 6) is 0.872. The van der Waals surface area contributed by atoms with Crippen molar-refractivity contribution in [2.45, 2.75) is 45.8 Å². The topological polar surface area (TPSA) is 93.0 Å². The molecule has 1 heterocycles. The summed E-state index contributed by atoms with van der Waals surface area (Å²) in [4.78, 5) is 8.66. The van der Waals surface area contributed by atoms with Crippen LogP contribution < -0.4 is 15.4 Å². The molecule has 0 saturated carbocycles. The molecule has 0 aliphatic carbocycles. The average molecular weight is 564 g/mol.